The first-order valence-corrected chi connectivity index (χ1v) is 12.5. The van der Waals surface area contributed by atoms with Gasteiger partial charge >= 0.3 is 11.9 Å². The maximum atomic E-state index is 13.8. The van der Waals surface area contributed by atoms with Gasteiger partial charge in [-0.05, 0) is 63.9 Å². The first-order chi connectivity index (χ1) is 16.6. The third-order valence-electron chi connectivity index (χ3n) is 7.86. The molecule has 0 N–H and O–H groups in total. The third-order valence-corrected chi connectivity index (χ3v) is 7.86. The normalized spacial score (nSPS) is 27.4. The zero-order chi connectivity index (χ0) is 24.8. The number of rotatable bonds is 4. The molecule has 1 saturated carbocycles. The molecule has 0 bridgehead atoms. The number of esters is 1. The summed E-state index contributed by atoms with van der Waals surface area (Å²) in [6.45, 7) is 9.16. The molecule has 1 aliphatic heterocycles. The Morgan fingerprint density at radius 3 is 2.46 bits per heavy atom. The quantitative estimate of drug-likeness (QED) is 0.429. The van der Waals surface area contributed by atoms with Crippen LogP contribution < -0.4 is 0 Å². The Hall–Kier alpha value is -3.15. The number of aromatic nitrogens is 1. The van der Waals surface area contributed by atoms with Crippen molar-refractivity contribution in [2.24, 2.45) is 16.7 Å². The van der Waals surface area contributed by atoms with Crippen molar-refractivity contribution in [2.45, 2.75) is 58.5 Å². The summed E-state index contributed by atoms with van der Waals surface area (Å²) in [4.78, 5) is 32.3. The van der Waals surface area contributed by atoms with Crippen LogP contribution >= 0.6 is 0 Å². The van der Waals surface area contributed by atoms with Gasteiger partial charge in [-0.3, -0.25) is 9.59 Å². The first kappa shape index (κ1) is 23.6. The molecule has 184 valence electrons. The largest absolute Gasteiger partial charge is 0.459 e. The number of allylic oxidation sites excluding steroid dienone is 2. The van der Waals surface area contributed by atoms with E-state index in [-0.39, 0.29) is 35.0 Å². The minimum Gasteiger partial charge on any atom is -0.459 e. The van der Waals surface area contributed by atoms with Crippen LogP contribution in [0.25, 0.3) is 0 Å². The lowest BCUT2D eigenvalue weighted by atomic mass is 9.70. The lowest BCUT2D eigenvalue weighted by Crippen LogP contribution is -2.43. The third kappa shape index (κ3) is 4.35. The van der Waals surface area contributed by atoms with E-state index < -0.39 is 11.0 Å². The van der Waals surface area contributed by atoms with E-state index in [9.17, 15) is 9.59 Å². The highest BCUT2D eigenvalue weighted by Crippen LogP contribution is 2.68. The van der Waals surface area contributed by atoms with E-state index in [0.29, 0.717) is 13.1 Å². The van der Waals surface area contributed by atoms with Crippen molar-refractivity contribution in [3.63, 3.8) is 0 Å². The molecule has 1 spiro atoms. The van der Waals surface area contributed by atoms with Gasteiger partial charge in [0.1, 0.15) is 17.3 Å². The van der Waals surface area contributed by atoms with E-state index in [4.69, 9.17) is 9.15 Å². The van der Waals surface area contributed by atoms with Crippen LogP contribution in [0.4, 0.5) is 0 Å². The molecule has 5 rings (SSSR count). The van der Waals surface area contributed by atoms with Crippen molar-refractivity contribution in [1.29, 1.82) is 0 Å². The summed E-state index contributed by atoms with van der Waals surface area (Å²) in [6, 6.07) is 10.4. The summed E-state index contributed by atoms with van der Waals surface area (Å²) in [7, 11) is 0. The number of carbonyl (C=O) groups excluding carboxylic acids is 2. The van der Waals surface area contributed by atoms with Crippen LogP contribution in [-0.2, 0) is 9.53 Å². The number of nitrogens with zero attached hydrogens (tertiary/aromatic N) is 2. The van der Waals surface area contributed by atoms with Crippen LogP contribution in [0.2, 0.25) is 0 Å². The lowest BCUT2D eigenvalue weighted by molar-refractivity contribution is -0.163. The van der Waals surface area contributed by atoms with Crippen molar-refractivity contribution in [2.75, 3.05) is 13.1 Å². The van der Waals surface area contributed by atoms with Crippen LogP contribution in [0.15, 0.2) is 71.0 Å². The number of ether oxygens (including phenoxy) is 1. The fraction of sp³-hybridized carbons (Fsp3) is 0.483. The zero-order valence-corrected chi connectivity index (χ0v) is 21.0. The number of likely N-dealkylation sites (tertiary alicyclic amines) is 1. The Balaban J connectivity index is 1.39. The SMILES string of the molecule is CC1=CC(C(=O)OC(C)(C)C)(C2CC23CCN(C(=O)c2ncco2)CC3)C=CC1c1ccccc1. The number of carbonyl (C=O) groups is 2. The highest BCUT2D eigenvalue weighted by atomic mass is 16.6. The minimum atomic E-state index is -0.780. The van der Waals surface area contributed by atoms with Crippen molar-refractivity contribution >= 4 is 11.9 Å². The van der Waals surface area contributed by atoms with E-state index in [2.05, 4.69) is 54.4 Å². The van der Waals surface area contributed by atoms with Gasteiger partial charge in [-0.1, -0.05) is 54.1 Å². The number of amides is 1. The van der Waals surface area contributed by atoms with Gasteiger partial charge in [0.05, 0.1) is 6.20 Å². The molecular formula is C29H34N2O4. The maximum Gasteiger partial charge on any atom is 0.320 e. The molecule has 3 atom stereocenters. The molecule has 2 aromatic rings. The Morgan fingerprint density at radius 2 is 1.86 bits per heavy atom. The Kier molecular flexibility index (Phi) is 5.73. The van der Waals surface area contributed by atoms with Gasteiger partial charge in [0.15, 0.2) is 0 Å². The molecule has 0 radical (unpaired) electrons. The summed E-state index contributed by atoms with van der Waals surface area (Å²) in [6.07, 6.45) is 12.0. The summed E-state index contributed by atoms with van der Waals surface area (Å²) in [5.41, 5.74) is 1.08. The smallest absolute Gasteiger partial charge is 0.320 e. The molecule has 6 nitrogen and oxygen atoms in total. The van der Waals surface area contributed by atoms with E-state index in [0.717, 1.165) is 19.3 Å². The molecular weight excluding hydrogens is 440 g/mol. The second-order valence-corrected chi connectivity index (χ2v) is 11.3. The fourth-order valence-corrected chi connectivity index (χ4v) is 6.00. The number of benzene rings is 1. The highest BCUT2D eigenvalue weighted by Gasteiger charge is 2.66. The van der Waals surface area contributed by atoms with E-state index in [1.54, 1.807) is 0 Å². The van der Waals surface area contributed by atoms with Crippen LogP contribution in [-0.4, -0.2) is 40.5 Å². The Bertz CT molecular complexity index is 1150. The Labute approximate surface area is 207 Å². The predicted molar refractivity (Wildman–Crippen MR) is 133 cm³/mol. The van der Waals surface area contributed by atoms with Gasteiger partial charge in [-0.2, -0.15) is 0 Å². The first-order valence-electron chi connectivity index (χ1n) is 12.5. The number of hydrogen-bond donors (Lipinski definition) is 0. The predicted octanol–water partition coefficient (Wildman–Crippen LogP) is 5.54. The molecule has 3 aliphatic rings. The molecule has 1 aromatic heterocycles. The van der Waals surface area contributed by atoms with Crippen LogP contribution in [0.5, 0.6) is 0 Å². The van der Waals surface area contributed by atoms with Crippen molar-refractivity contribution in [3.8, 4) is 0 Å². The molecule has 2 heterocycles. The lowest BCUT2D eigenvalue weighted by Gasteiger charge is -2.38. The number of hydrogen-bond acceptors (Lipinski definition) is 5. The molecule has 2 aliphatic carbocycles. The van der Waals surface area contributed by atoms with Gasteiger partial charge in [0.2, 0.25) is 0 Å². The topological polar surface area (TPSA) is 72.6 Å². The molecule has 35 heavy (non-hydrogen) atoms. The van der Waals surface area contributed by atoms with Crippen molar-refractivity contribution in [3.05, 3.63) is 78.0 Å². The van der Waals surface area contributed by atoms with Gasteiger partial charge in [-0.25, -0.2) is 4.98 Å². The standard InChI is InChI=1S/C29H34N2O4/c1-20-18-29(26(33)35-27(2,3)4,11-10-22(20)21-8-6-5-7-9-21)23-19-28(23)12-15-31(16-13-28)25(32)24-30-14-17-34-24/h5-11,14,17-18,22-23H,12-13,15-16,19H2,1-4H3. The van der Waals surface area contributed by atoms with Gasteiger partial charge in [0.25, 0.3) is 5.89 Å². The second-order valence-electron chi connectivity index (χ2n) is 11.3. The summed E-state index contributed by atoms with van der Waals surface area (Å²) >= 11 is 0. The molecule has 2 fully saturated rings. The van der Waals surface area contributed by atoms with E-state index in [1.807, 2.05) is 31.7 Å². The van der Waals surface area contributed by atoms with E-state index >= 15 is 0 Å². The zero-order valence-electron chi connectivity index (χ0n) is 21.0. The molecule has 1 amide bonds. The summed E-state index contributed by atoms with van der Waals surface area (Å²) in [5, 5.41) is 0. The van der Waals surface area contributed by atoms with Gasteiger partial charge < -0.3 is 14.1 Å². The maximum absolute atomic E-state index is 13.8. The number of oxazole rings is 1. The average Bonchev–Trinajstić information content (AvgIpc) is 3.26. The van der Waals surface area contributed by atoms with Crippen molar-refractivity contribution in [1.82, 2.24) is 9.88 Å². The molecule has 6 heteroatoms. The van der Waals surface area contributed by atoms with Gasteiger partial charge in [0, 0.05) is 19.0 Å². The van der Waals surface area contributed by atoms with E-state index in [1.165, 1.54) is 23.6 Å². The second kappa shape index (κ2) is 8.51. The molecule has 3 unspecified atom stereocenters. The summed E-state index contributed by atoms with van der Waals surface area (Å²) in [5.74, 6) is 0.114. The highest BCUT2D eigenvalue weighted by molar-refractivity contribution is 5.89. The van der Waals surface area contributed by atoms with Crippen LogP contribution in [0, 0.1) is 16.7 Å². The monoisotopic (exact) mass is 474 g/mol. The van der Waals surface area contributed by atoms with Crippen LogP contribution in [0.3, 0.4) is 0 Å². The molecule has 1 saturated heterocycles. The number of piperidine rings is 1. The van der Waals surface area contributed by atoms with Gasteiger partial charge in [-0.15, -0.1) is 0 Å². The summed E-state index contributed by atoms with van der Waals surface area (Å²) < 4.78 is 11.2. The minimum absolute atomic E-state index is 0.0327. The fourth-order valence-electron chi connectivity index (χ4n) is 6.00. The Morgan fingerprint density at radius 1 is 1.14 bits per heavy atom. The van der Waals surface area contributed by atoms with Crippen molar-refractivity contribution < 1.29 is 18.7 Å². The molecule has 1 aromatic carbocycles. The average molecular weight is 475 g/mol. The van der Waals surface area contributed by atoms with Crippen LogP contribution in [0.1, 0.15) is 69.1 Å².